The molecule has 0 aromatic carbocycles. The third kappa shape index (κ3) is 5.86. The average Bonchev–Trinajstić information content (AvgIpc) is 1.30. The summed E-state index contributed by atoms with van der Waals surface area (Å²) in [7, 11) is -3.65. The maximum Gasteiger partial charge on any atom is 0.452 e. The van der Waals surface area contributed by atoms with Gasteiger partial charge in [0.05, 0.1) is 0 Å². The van der Waals surface area contributed by atoms with E-state index in [1.54, 1.807) is 5.39 Å². The first-order valence-corrected chi connectivity index (χ1v) is 2.67. The van der Waals surface area contributed by atoms with Gasteiger partial charge in [-0.2, -0.15) is 12.7 Å². The van der Waals surface area contributed by atoms with Crippen molar-refractivity contribution in [2.24, 2.45) is 0 Å². The maximum absolute atomic E-state index is 11.1. The van der Waals surface area contributed by atoms with Crippen LogP contribution >= 0.6 is 0 Å². The zero-order valence-electron chi connectivity index (χ0n) is 3.51. The van der Waals surface area contributed by atoms with Crippen LogP contribution in [0.5, 0.6) is 0 Å². The Bertz CT molecular complexity index is 128. The highest BCUT2D eigenvalue weighted by atomic mass is 32.3. The molecule has 0 spiro atoms. The molecule has 0 aliphatic rings. The van der Waals surface area contributed by atoms with Gasteiger partial charge in [0.2, 0.25) is 7.98 Å². The second-order valence-corrected chi connectivity index (χ2v) is 1.63. The molecule has 1 N–H and O–H groups in total. The molecule has 7 heavy (non-hydrogen) atoms. The van der Waals surface area contributed by atoms with E-state index in [0.717, 1.165) is 7.98 Å². The largest absolute Gasteiger partial charge is 0.452 e. The van der Waals surface area contributed by atoms with Crippen molar-refractivity contribution in [1.29, 1.82) is 0 Å². The number of rotatable bonds is 2. The molecule has 0 aliphatic heterocycles. The molecule has 0 aromatic heterocycles. The fourth-order valence-electron chi connectivity index (χ4n) is 0.0995. The molecule has 0 saturated heterocycles. The molecule has 0 heterocycles. The van der Waals surface area contributed by atoms with E-state index in [-0.39, 0.29) is 0 Å². The van der Waals surface area contributed by atoms with E-state index in [9.17, 15) is 12.3 Å². The van der Waals surface area contributed by atoms with Gasteiger partial charge in [-0.1, -0.05) is 3.89 Å². The molecule has 4 nitrogen and oxygen atoms in total. The highest BCUT2D eigenvalue weighted by Gasteiger charge is 2.02. The minimum absolute atomic E-state index is 1.14. The molecule has 7 heteroatoms. The van der Waals surface area contributed by atoms with Crippen molar-refractivity contribution in [1.82, 2.24) is 5.39 Å². The van der Waals surface area contributed by atoms with Crippen LogP contribution in [0, 0.1) is 0 Å². The Morgan fingerprint density at radius 2 is 2.14 bits per heavy atom. The topological polar surface area (TPSA) is 55.4 Å². The number of hydrogen-bond acceptors (Lipinski definition) is 4. The number of nitrogens with one attached hydrogen (secondary N) is 1. The highest BCUT2D eigenvalue weighted by Crippen LogP contribution is 1.85. The summed E-state index contributed by atoms with van der Waals surface area (Å²) in [4.78, 5) is 0. The van der Waals surface area contributed by atoms with Gasteiger partial charge in [-0.15, -0.1) is 0 Å². The van der Waals surface area contributed by atoms with Crippen molar-refractivity contribution in [2.45, 2.75) is 0 Å². The van der Waals surface area contributed by atoms with E-state index in [0.29, 0.717) is 0 Å². The second kappa shape index (κ2) is 2.24. The van der Waals surface area contributed by atoms with E-state index >= 15 is 0 Å². The highest BCUT2D eigenvalue weighted by molar-refractivity contribution is 7.81. The van der Waals surface area contributed by atoms with E-state index in [1.807, 2.05) is 0 Å². The van der Waals surface area contributed by atoms with Gasteiger partial charge < -0.3 is 0 Å². The normalized spacial score (nSPS) is 11.6. The van der Waals surface area contributed by atoms with Gasteiger partial charge in [-0.05, 0) is 0 Å². The van der Waals surface area contributed by atoms with Gasteiger partial charge in [0, 0.05) is 0 Å². The lowest BCUT2D eigenvalue weighted by Crippen LogP contribution is -2.12. The third-order valence-corrected chi connectivity index (χ3v) is 0.549. The zero-order valence-corrected chi connectivity index (χ0v) is 4.33. The Labute approximate surface area is 41.5 Å². The number of halogens is 1. The van der Waals surface area contributed by atoms with Crippen LogP contribution in [0.4, 0.5) is 3.89 Å². The summed E-state index contributed by atoms with van der Waals surface area (Å²) in [6.45, 7) is 0. The van der Waals surface area contributed by atoms with Crippen LogP contribution in [0.2, 0.25) is 0 Å². The summed E-state index contributed by atoms with van der Waals surface area (Å²) in [6, 6.07) is 0. The van der Waals surface area contributed by atoms with Crippen molar-refractivity contribution in [3.8, 4) is 0 Å². The lowest BCUT2D eigenvalue weighted by Gasteiger charge is -1.87. The second-order valence-electron chi connectivity index (χ2n) is 0.681. The number of hydrogen-bond donors (Lipinski definition) is 1. The molecule has 0 atom stereocenters. The standard InChI is InChI=1S/BFH3NO3S/c1-3-6-7(2,4)5/h3H,1H2. The molecule has 0 bridgehead atoms. The van der Waals surface area contributed by atoms with Crippen molar-refractivity contribution < 1.29 is 16.6 Å². The Balaban J connectivity index is 3.60. The van der Waals surface area contributed by atoms with Gasteiger partial charge in [-0.25, -0.2) is 5.39 Å². The molecule has 42 valence electrons. The third-order valence-electron chi connectivity index (χ3n) is 0.183. The predicted octanol–water partition coefficient (Wildman–Crippen LogP) is -1.73. The summed E-state index contributed by atoms with van der Waals surface area (Å²) in [6.07, 6.45) is 0. The summed E-state index contributed by atoms with van der Waals surface area (Å²) in [5.41, 5.74) is 0. The van der Waals surface area contributed by atoms with Crippen LogP contribution in [-0.4, -0.2) is 16.4 Å². The summed E-state index contributed by atoms with van der Waals surface area (Å²) in [5.74, 6) is 0. The predicted molar refractivity (Wildman–Crippen MR) is 22.8 cm³/mol. The molecule has 0 saturated carbocycles. The minimum atomic E-state index is -4.79. The van der Waals surface area contributed by atoms with E-state index in [4.69, 9.17) is 0 Å². The van der Waals surface area contributed by atoms with Crippen molar-refractivity contribution in [3.05, 3.63) is 0 Å². The summed E-state index contributed by atoms with van der Waals surface area (Å²) < 4.78 is 32.9. The van der Waals surface area contributed by atoms with Gasteiger partial charge >= 0.3 is 10.5 Å². The van der Waals surface area contributed by atoms with E-state index in [2.05, 4.69) is 4.28 Å². The van der Waals surface area contributed by atoms with Crippen LogP contribution in [0.25, 0.3) is 0 Å². The van der Waals surface area contributed by atoms with E-state index < -0.39 is 10.5 Å². The zero-order chi connectivity index (χ0) is 5.91. The van der Waals surface area contributed by atoms with Crippen LogP contribution in [0.1, 0.15) is 0 Å². The van der Waals surface area contributed by atoms with E-state index in [1.165, 1.54) is 0 Å². The van der Waals surface area contributed by atoms with Crippen LogP contribution in [0.15, 0.2) is 0 Å². The van der Waals surface area contributed by atoms with Crippen molar-refractivity contribution in [2.75, 3.05) is 0 Å². The summed E-state index contributed by atoms with van der Waals surface area (Å²) in [5, 5.41) is 1.64. The molecule has 0 amide bonds. The molecule has 0 aromatic rings. The molecule has 0 unspecified atom stereocenters. The van der Waals surface area contributed by atoms with Gasteiger partial charge in [0.15, 0.2) is 0 Å². The lowest BCUT2D eigenvalue weighted by atomic mass is 10.5. The first-order chi connectivity index (χ1) is 3.06. The Hall–Kier alpha value is -0.135. The molecule has 0 radical (unpaired) electrons. The first kappa shape index (κ1) is 6.86. The molecule has 0 aliphatic carbocycles. The van der Waals surface area contributed by atoms with Crippen LogP contribution < -0.4 is 5.39 Å². The maximum atomic E-state index is 11.1. The first-order valence-electron chi connectivity index (χ1n) is 1.36. The molecular weight excluding hydrogens is 124 g/mol. The van der Waals surface area contributed by atoms with Crippen LogP contribution in [0.3, 0.4) is 0 Å². The Morgan fingerprint density at radius 3 is 2.14 bits per heavy atom. The van der Waals surface area contributed by atoms with Crippen LogP contribution in [-0.2, 0) is 14.8 Å². The lowest BCUT2D eigenvalue weighted by molar-refractivity contribution is 0.259. The molecular formula is H3BFNO3S. The summed E-state index contributed by atoms with van der Waals surface area (Å²) >= 11 is 0. The van der Waals surface area contributed by atoms with Gasteiger partial charge in [-0.3, -0.25) is 0 Å². The SMILES string of the molecule is BNOS(=O)(=O)F. The quantitative estimate of drug-likeness (QED) is 0.272. The fourth-order valence-corrected chi connectivity index (χ4v) is 0.299. The molecule has 0 fully saturated rings. The smallest absolute Gasteiger partial charge is 0.233 e. The van der Waals surface area contributed by atoms with Crippen molar-refractivity contribution in [3.63, 3.8) is 0 Å². The Morgan fingerprint density at radius 1 is 1.71 bits per heavy atom. The molecule has 0 rings (SSSR count). The van der Waals surface area contributed by atoms with Gasteiger partial charge in [0.25, 0.3) is 0 Å². The Kier molecular flexibility index (Phi) is 2.20. The van der Waals surface area contributed by atoms with Gasteiger partial charge in [0.1, 0.15) is 0 Å². The fraction of sp³-hybridized carbons (Fsp3) is 0. The monoisotopic (exact) mass is 127 g/mol. The average molecular weight is 127 g/mol. The minimum Gasteiger partial charge on any atom is -0.233 e. The van der Waals surface area contributed by atoms with Crippen molar-refractivity contribution >= 4 is 18.5 Å².